The molecule has 102 valence electrons. The number of nitrogens with zero attached hydrogens (tertiary/aromatic N) is 2. The molecule has 8 nitrogen and oxygen atoms in total. The van der Waals surface area contributed by atoms with Gasteiger partial charge in [-0.3, -0.25) is 23.5 Å². The zero-order valence-corrected chi connectivity index (χ0v) is 10.6. The van der Waals surface area contributed by atoms with Crippen LogP contribution in [0.1, 0.15) is 19.3 Å². The second-order valence-electron chi connectivity index (χ2n) is 4.38. The quantitative estimate of drug-likeness (QED) is 0.638. The van der Waals surface area contributed by atoms with Crippen LogP contribution in [0.2, 0.25) is 0 Å². The SMILES string of the molecule is Cn1c2c(c(=O)n(C)c1=O)NC(=O)CCCC(=O)N2. The Morgan fingerprint density at radius 2 is 1.47 bits per heavy atom. The van der Waals surface area contributed by atoms with Gasteiger partial charge in [-0.1, -0.05) is 0 Å². The largest absolute Gasteiger partial charge is 0.332 e. The number of hydrogen-bond donors (Lipinski definition) is 2. The van der Waals surface area contributed by atoms with E-state index >= 15 is 0 Å². The highest BCUT2D eigenvalue weighted by Gasteiger charge is 2.21. The molecule has 0 radical (unpaired) electrons. The van der Waals surface area contributed by atoms with Crippen molar-refractivity contribution in [3.8, 4) is 0 Å². The van der Waals surface area contributed by atoms with E-state index in [4.69, 9.17) is 0 Å². The molecule has 1 aliphatic rings. The van der Waals surface area contributed by atoms with Gasteiger partial charge < -0.3 is 10.6 Å². The van der Waals surface area contributed by atoms with E-state index in [1.165, 1.54) is 14.1 Å². The van der Waals surface area contributed by atoms with Crippen molar-refractivity contribution in [3.05, 3.63) is 20.8 Å². The minimum atomic E-state index is -0.645. The van der Waals surface area contributed by atoms with Crippen molar-refractivity contribution >= 4 is 23.3 Å². The van der Waals surface area contributed by atoms with E-state index in [-0.39, 0.29) is 36.2 Å². The number of aromatic nitrogens is 2. The molecular formula is C11H14N4O4. The van der Waals surface area contributed by atoms with E-state index < -0.39 is 11.2 Å². The minimum Gasteiger partial charge on any atom is -0.318 e. The molecule has 2 heterocycles. The lowest BCUT2D eigenvalue weighted by molar-refractivity contribution is -0.117. The molecule has 1 aromatic rings. The summed E-state index contributed by atoms with van der Waals surface area (Å²) in [6.45, 7) is 0. The summed E-state index contributed by atoms with van der Waals surface area (Å²) in [7, 11) is 2.73. The first-order valence-corrected chi connectivity index (χ1v) is 5.81. The molecule has 0 saturated heterocycles. The van der Waals surface area contributed by atoms with Gasteiger partial charge in [0.05, 0.1) is 0 Å². The van der Waals surface area contributed by atoms with Crippen LogP contribution in [-0.4, -0.2) is 20.9 Å². The summed E-state index contributed by atoms with van der Waals surface area (Å²) in [5.41, 5.74) is -1.30. The van der Waals surface area contributed by atoms with Crippen molar-refractivity contribution < 1.29 is 9.59 Å². The predicted octanol–water partition coefficient (Wildman–Crippen LogP) is -0.855. The minimum absolute atomic E-state index is 0.0216. The summed E-state index contributed by atoms with van der Waals surface area (Å²) >= 11 is 0. The molecule has 0 aliphatic carbocycles. The lowest BCUT2D eigenvalue weighted by Gasteiger charge is -2.14. The van der Waals surface area contributed by atoms with Gasteiger partial charge >= 0.3 is 5.69 Å². The van der Waals surface area contributed by atoms with Gasteiger partial charge in [-0.05, 0) is 6.42 Å². The molecule has 0 spiro atoms. The highest BCUT2D eigenvalue weighted by atomic mass is 16.2. The van der Waals surface area contributed by atoms with Gasteiger partial charge in [-0.2, -0.15) is 0 Å². The highest BCUT2D eigenvalue weighted by Crippen LogP contribution is 2.17. The standard InChI is InChI=1S/C11H14N4O4/c1-14-9-8(10(18)15(2)11(14)19)12-6(16)4-3-5-7(17)13-9/h3-5H2,1-2H3,(H,12,16)(H,13,17). The van der Waals surface area contributed by atoms with E-state index in [1.807, 2.05) is 0 Å². The number of anilines is 2. The van der Waals surface area contributed by atoms with Gasteiger partial charge in [0.2, 0.25) is 11.8 Å². The highest BCUT2D eigenvalue weighted by molar-refractivity contribution is 5.99. The smallest absolute Gasteiger partial charge is 0.318 e. The van der Waals surface area contributed by atoms with Crippen molar-refractivity contribution in [2.75, 3.05) is 10.6 Å². The molecule has 0 fully saturated rings. The Morgan fingerprint density at radius 3 is 2.11 bits per heavy atom. The first-order chi connectivity index (χ1) is 8.91. The van der Waals surface area contributed by atoms with Gasteiger partial charge in [-0.25, -0.2) is 4.79 Å². The number of carbonyl (C=O) groups is 2. The maximum Gasteiger partial charge on any atom is 0.332 e. The number of carbonyl (C=O) groups excluding carboxylic acids is 2. The third-order valence-electron chi connectivity index (χ3n) is 2.99. The predicted molar refractivity (Wildman–Crippen MR) is 68.0 cm³/mol. The van der Waals surface area contributed by atoms with Crippen LogP contribution in [0.5, 0.6) is 0 Å². The third-order valence-corrected chi connectivity index (χ3v) is 2.99. The average molecular weight is 266 g/mol. The fraction of sp³-hybridized carbons (Fsp3) is 0.455. The van der Waals surface area contributed by atoms with Crippen molar-refractivity contribution in [2.24, 2.45) is 14.1 Å². The van der Waals surface area contributed by atoms with Crippen LogP contribution in [0.25, 0.3) is 0 Å². The lowest BCUT2D eigenvalue weighted by Crippen LogP contribution is -2.40. The summed E-state index contributed by atoms with van der Waals surface area (Å²) in [5, 5.41) is 4.95. The van der Waals surface area contributed by atoms with E-state index in [1.54, 1.807) is 0 Å². The molecule has 1 aliphatic heterocycles. The van der Waals surface area contributed by atoms with Gasteiger partial charge in [0.15, 0.2) is 0 Å². The van der Waals surface area contributed by atoms with E-state index in [9.17, 15) is 19.2 Å². The van der Waals surface area contributed by atoms with Crippen molar-refractivity contribution in [2.45, 2.75) is 19.3 Å². The average Bonchev–Trinajstić information content (AvgIpc) is 2.44. The Kier molecular flexibility index (Phi) is 3.24. The molecule has 2 rings (SSSR count). The number of rotatable bonds is 0. The molecule has 0 bridgehead atoms. The molecule has 1 aromatic heterocycles. The lowest BCUT2D eigenvalue weighted by atomic mass is 10.2. The normalized spacial score (nSPS) is 15.7. The van der Waals surface area contributed by atoms with Crippen LogP contribution < -0.4 is 21.9 Å². The Morgan fingerprint density at radius 1 is 0.895 bits per heavy atom. The summed E-state index contributed by atoms with van der Waals surface area (Å²) in [6, 6.07) is 0. The Balaban J connectivity index is 2.72. The van der Waals surface area contributed by atoms with Crippen LogP contribution in [0.15, 0.2) is 9.59 Å². The van der Waals surface area contributed by atoms with E-state index in [2.05, 4.69) is 10.6 Å². The number of amides is 2. The van der Waals surface area contributed by atoms with Gasteiger partial charge in [0.25, 0.3) is 5.56 Å². The van der Waals surface area contributed by atoms with Gasteiger partial charge in [0, 0.05) is 26.9 Å². The van der Waals surface area contributed by atoms with Crippen LogP contribution in [-0.2, 0) is 23.7 Å². The van der Waals surface area contributed by atoms with Crippen molar-refractivity contribution in [3.63, 3.8) is 0 Å². The molecular weight excluding hydrogens is 252 g/mol. The Bertz CT molecular complexity index is 670. The molecule has 8 heteroatoms. The summed E-state index contributed by atoms with van der Waals surface area (Å²) in [5.74, 6) is -0.664. The molecule has 2 amide bonds. The molecule has 0 saturated carbocycles. The first-order valence-electron chi connectivity index (χ1n) is 5.81. The second kappa shape index (κ2) is 4.71. The monoisotopic (exact) mass is 266 g/mol. The van der Waals surface area contributed by atoms with E-state index in [0.29, 0.717) is 6.42 Å². The zero-order valence-electron chi connectivity index (χ0n) is 10.6. The Labute approximate surface area is 108 Å². The van der Waals surface area contributed by atoms with Crippen LogP contribution in [0.3, 0.4) is 0 Å². The second-order valence-corrected chi connectivity index (χ2v) is 4.38. The third kappa shape index (κ3) is 2.28. The van der Waals surface area contributed by atoms with Crippen LogP contribution >= 0.6 is 0 Å². The summed E-state index contributed by atoms with van der Waals surface area (Å²) in [6.07, 6.45) is 0.703. The molecule has 19 heavy (non-hydrogen) atoms. The van der Waals surface area contributed by atoms with Gasteiger partial charge in [-0.15, -0.1) is 0 Å². The number of hydrogen-bond acceptors (Lipinski definition) is 4. The van der Waals surface area contributed by atoms with Crippen molar-refractivity contribution in [1.82, 2.24) is 9.13 Å². The van der Waals surface area contributed by atoms with Crippen LogP contribution in [0.4, 0.5) is 11.5 Å². The molecule has 2 N–H and O–H groups in total. The molecule has 0 aromatic carbocycles. The Hall–Kier alpha value is -2.38. The summed E-state index contributed by atoms with van der Waals surface area (Å²) < 4.78 is 2.00. The van der Waals surface area contributed by atoms with Crippen molar-refractivity contribution in [1.29, 1.82) is 0 Å². The molecule has 0 unspecified atom stereocenters. The molecule has 0 atom stereocenters. The van der Waals surface area contributed by atoms with Crippen LogP contribution in [0, 0.1) is 0 Å². The fourth-order valence-electron chi connectivity index (χ4n) is 1.91. The maximum atomic E-state index is 12.0. The summed E-state index contributed by atoms with van der Waals surface area (Å²) in [4.78, 5) is 47.1. The number of nitrogens with one attached hydrogen (secondary N) is 2. The van der Waals surface area contributed by atoms with E-state index in [0.717, 1.165) is 9.13 Å². The first kappa shape index (κ1) is 13.1. The topological polar surface area (TPSA) is 102 Å². The fourth-order valence-corrected chi connectivity index (χ4v) is 1.91. The maximum absolute atomic E-state index is 12.0. The number of fused-ring (bicyclic) bond motifs is 1. The zero-order chi connectivity index (χ0) is 14.2. The van der Waals surface area contributed by atoms with Gasteiger partial charge in [0.1, 0.15) is 11.5 Å².